The van der Waals surface area contributed by atoms with Crippen LogP contribution < -0.4 is 11.1 Å². The van der Waals surface area contributed by atoms with Gasteiger partial charge in [-0.25, -0.2) is 12.7 Å². The zero-order chi connectivity index (χ0) is 16.9. The van der Waals surface area contributed by atoms with E-state index in [1.165, 1.54) is 4.31 Å². The number of hydrogen-bond acceptors (Lipinski definition) is 4. The molecule has 1 fully saturated rings. The topological polar surface area (TPSA) is 92.5 Å². The molecule has 0 saturated carbocycles. The van der Waals surface area contributed by atoms with Crippen molar-refractivity contribution < 1.29 is 13.2 Å². The first-order valence-electron chi connectivity index (χ1n) is 8.00. The summed E-state index contributed by atoms with van der Waals surface area (Å²) < 4.78 is 25.1. The van der Waals surface area contributed by atoms with E-state index in [0.29, 0.717) is 25.9 Å². The number of rotatable bonds is 6. The van der Waals surface area contributed by atoms with E-state index in [2.05, 4.69) is 5.32 Å². The van der Waals surface area contributed by atoms with Crippen molar-refractivity contribution in [3.8, 4) is 0 Å². The molecule has 3 N–H and O–H groups in total. The lowest BCUT2D eigenvalue weighted by molar-refractivity contribution is -0.122. The molecule has 2 rings (SSSR count). The molecule has 0 radical (unpaired) electrons. The molecule has 1 aliphatic heterocycles. The van der Waals surface area contributed by atoms with Gasteiger partial charge in [0.1, 0.15) is 0 Å². The first-order chi connectivity index (χ1) is 10.9. The van der Waals surface area contributed by atoms with E-state index in [1.807, 2.05) is 30.3 Å². The van der Waals surface area contributed by atoms with Crippen molar-refractivity contribution in [3.05, 3.63) is 35.9 Å². The van der Waals surface area contributed by atoms with E-state index < -0.39 is 10.0 Å². The molecular weight excluding hydrogens is 314 g/mol. The molecular formula is C16H25N3O3S. The number of carbonyl (C=O) groups is 1. The molecule has 1 aromatic carbocycles. The van der Waals surface area contributed by atoms with Gasteiger partial charge in [-0.2, -0.15) is 0 Å². The second-order valence-corrected chi connectivity index (χ2v) is 8.12. The van der Waals surface area contributed by atoms with Gasteiger partial charge in [-0.05, 0) is 25.3 Å². The fraction of sp³-hybridized carbons (Fsp3) is 0.562. The lowest BCUT2D eigenvalue weighted by atomic mass is 10.0. The number of benzene rings is 1. The Kier molecular flexibility index (Phi) is 6.15. The Hall–Kier alpha value is -1.44. The van der Waals surface area contributed by atoms with Crippen molar-refractivity contribution in [1.82, 2.24) is 9.62 Å². The van der Waals surface area contributed by atoms with Gasteiger partial charge in [0.15, 0.2) is 0 Å². The van der Waals surface area contributed by atoms with Crippen molar-refractivity contribution >= 4 is 15.9 Å². The van der Waals surface area contributed by atoms with Crippen molar-refractivity contribution in [2.24, 2.45) is 5.73 Å². The minimum Gasteiger partial charge on any atom is -0.353 e. The number of sulfonamides is 1. The highest BCUT2D eigenvalue weighted by Gasteiger charge is 2.27. The van der Waals surface area contributed by atoms with E-state index >= 15 is 0 Å². The summed E-state index contributed by atoms with van der Waals surface area (Å²) in [6.07, 6.45) is 1.52. The number of piperidine rings is 1. The number of nitrogens with two attached hydrogens (primary N) is 1. The Labute approximate surface area is 138 Å². The van der Waals surface area contributed by atoms with Gasteiger partial charge >= 0.3 is 0 Å². The van der Waals surface area contributed by atoms with E-state index in [9.17, 15) is 13.2 Å². The largest absolute Gasteiger partial charge is 0.353 e. The molecule has 0 bridgehead atoms. The van der Waals surface area contributed by atoms with Crippen LogP contribution in [0, 0.1) is 0 Å². The first kappa shape index (κ1) is 17.9. The number of carbonyl (C=O) groups excluding carboxylic acids is 1. The summed E-state index contributed by atoms with van der Waals surface area (Å²) in [5.41, 5.74) is 6.99. The standard InChI is InChI=1S/C16H25N3O3S/c1-2-23(21,22)19-10-8-14(9-11-19)18-16(20)12-15(17)13-6-4-3-5-7-13/h3-7,14-15H,2,8-12,17H2,1H3,(H,18,20). The van der Waals surface area contributed by atoms with Crippen LogP contribution in [0.25, 0.3) is 0 Å². The highest BCUT2D eigenvalue weighted by Crippen LogP contribution is 2.16. The van der Waals surface area contributed by atoms with Crippen LogP contribution in [0.15, 0.2) is 30.3 Å². The maximum Gasteiger partial charge on any atom is 0.222 e. The molecule has 23 heavy (non-hydrogen) atoms. The second kappa shape index (κ2) is 7.90. The molecule has 1 amide bonds. The molecule has 0 aliphatic carbocycles. The average Bonchev–Trinajstić information content (AvgIpc) is 2.56. The molecule has 6 nitrogen and oxygen atoms in total. The molecule has 0 spiro atoms. The summed E-state index contributed by atoms with van der Waals surface area (Å²) >= 11 is 0. The lowest BCUT2D eigenvalue weighted by Crippen LogP contribution is -2.47. The first-order valence-corrected chi connectivity index (χ1v) is 9.61. The summed E-state index contributed by atoms with van der Waals surface area (Å²) in [5, 5.41) is 2.97. The molecule has 1 aromatic rings. The Morgan fingerprint density at radius 2 is 1.91 bits per heavy atom. The molecule has 128 valence electrons. The van der Waals surface area contributed by atoms with E-state index in [0.717, 1.165) is 5.56 Å². The SMILES string of the molecule is CCS(=O)(=O)N1CCC(NC(=O)CC(N)c2ccccc2)CC1. The van der Waals surface area contributed by atoms with Crippen molar-refractivity contribution in [3.63, 3.8) is 0 Å². The highest BCUT2D eigenvalue weighted by molar-refractivity contribution is 7.89. The fourth-order valence-electron chi connectivity index (χ4n) is 2.77. The quantitative estimate of drug-likeness (QED) is 0.809. The van der Waals surface area contributed by atoms with Gasteiger partial charge in [-0.3, -0.25) is 4.79 Å². The van der Waals surface area contributed by atoms with Crippen LogP contribution in [0.4, 0.5) is 0 Å². The average molecular weight is 339 g/mol. The van der Waals surface area contributed by atoms with Crippen molar-refractivity contribution in [2.45, 2.75) is 38.3 Å². The summed E-state index contributed by atoms with van der Waals surface area (Å²) in [6, 6.07) is 9.23. The second-order valence-electron chi connectivity index (χ2n) is 5.86. The van der Waals surface area contributed by atoms with Crippen LogP contribution >= 0.6 is 0 Å². The highest BCUT2D eigenvalue weighted by atomic mass is 32.2. The molecule has 1 heterocycles. The predicted octanol–water partition coefficient (Wildman–Crippen LogP) is 1.01. The Morgan fingerprint density at radius 1 is 1.30 bits per heavy atom. The maximum atomic E-state index is 12.1. The van der Waals surface area contributed by atoms with E-state index in [-0.39, 0.29) is 30.2 Å². The summed E-state index contributed by atoms with van der Waals surface area (Å²) in [7, 11) is -3.13. The smallest absolute Gasteiger partial charge is 0.222 e. The van der Waals surface area contributed by atoms with Gasteiger partial charge in [-0.1, -0.05) is 30.3 Å². The van der Waals surface area contributed by atoms with Crippen LogP contribution in [0.5, 0.6) is 0 Å². The molecule has 1 aliphatic rings. The van der Waals surface area contributed by atoms with Gasteiger partial charge in [-0.15, -0.1) is 0 Å². The Balaban J connectivity index is 1.79. The van der Waals surface area contributed by atoms with Crippen molar-refractivity contribution in [1.29, 1.82) is 0 Å². The molecule has 1 saturated heterocycles. The third-order valence-electron chi connectivity index (χ3n) is 4.21. The zero-order valence-corrected chi connectivity index (χ0v) is 14.3. The summed E-state index contributed by atoms with van der Waals surface area (Å²) in [4.78, 5) is 12.1. The van der Waals surface area contributed by atoms with Gasteiger partial charge < -0.3 is 11.1 Å². The summed E-state index contributed by atoms with van der Waals surface area (Å²) in [5.74, 6) is 0.0359. The minimum absolute atomic E-state index is 0.0220. The number of nitrogens with one attached hydrogen (secondary N) is 1. The molecule has 7 heteroatoms. The van der Waals surface area contributed by atoms with Gasteiger partial charge in [0.25, 0.3) is 0 Å². The van der Waals surface area contributed by atoms with Crippen LogP contribution in [0.1, 0.15) is 37.8 Å². The minimum atomic E-state index is -3.13. The van der Waals surface area contributed by atoms with Gasteiger partial charge in [0, 0.05) is 31.6 Å². The van der Waals surface area contributed by atoms with Gasteiger partial charge in [0.2, 0.25) is 15.9 Å². The van der Waals surface area contributed by atoms with Crippen LogP contribution in [0.2, 0.25) is 0 Å². The number of hydrogen-bond donors (Lipinski definition) is 2. The Bertz CT molecular complexity index is 611. The van der Waals surface area contributed by atoms with E-state index in [1.54, 1.807) is 6.92 Å². The third-order valence-corrected chi connectivity index (χ3v) is 6.09. The van der Waals surface area contributed by atoms with E-state index in [4.69, 9.17) is 5.73 Å². The van der Waals surface area contributed by atoms with Crippen LogP contribution in [-0.4, -0.2) is 43.5 Å². The zero-order valence-electron chi connectivity index (χ0n) is 13.4. The van der Waals surface area contributed by atoms with Crippen molar-refractivity contribution in [2.75, 3.05) is 18.8 Å². The molecule has 1 atom stereocenters. The maximum absolute atomic E-state index is 12.1. The predicted molar refractivity (Wildman–Crippen MR) is 90.2 cm³/mol. The van der Waals surface area contributed by atoms with Crippen LogP contribution in [0.3, 0.4) is 0 Å². The summed E-state index contributed by atoms with van der Waals surface area (Å²) in [6.45, 7) is 2.58. The van der Waals surface area contributed by atoms with Gasteiger partial charge in [0.05, 0.1) is 5.75 Å². The van der Waals surface area contributed by atoms with Crippen LogP contribution in [-0.2, 0) is 14.8 Å². The monoisotopic (exact) mass is 339 g/mol. The third kappa shape index (κ3) is 5.02. The lowest BCUT2D eigenvalue weighted by Gasteiger charge is -2.31. The number of nitrogens with zero attached hydrogens (tertiary/aromatic N) is 1. The fourth-order valence-corrected chi connectivity index (χ4v) is 3.90. The number of amides is 1. The molecule has 1 unspecified atom stereocenters. The Morgan fingerprint density at radius 3 is 2.48 bits per heavy atom. The molecule has 0 aromatic heterocycles. The normalized spacial score (nSPS) is 18.5.